The van der Waals surface area contributed by atoms with Crippen LogP contribution in [-0.2, 0) is 0 Å². The van der Waals surface area contributed by atoms with Crippen LogP contribution in [-0.4, -0.2) is 25.9 Å². The maximum atomic E-state index is 9.62. The van der Waals surface area contributed by atoms with Gasteiger partial charge < -0.3 is 19.9 Å². The van der Waals surface area contributed by atoms with E-state index in [-0.39, 0.29) is 12.6 Å². The minimum absolute atomic E-state index is 0.0226. The van der Waals surface area contributed by atoms with Gasteiger partial charge in [-0.05, 0) is 29.8 Å². The molecule has 0 saturated carbocycles. The number of para-hydroxylation sites is 2. The smallest absolute Gasteiger partial charge is 0.141 e. The Bertz CT molecular complexity index is 557. The fraction of sp³-hybridized carbons (Fsp3) is 0.250. The molecule has 2 aromatic carbocycles. The molecule has 2 rings (SSSR count). The highest BCUT2D eigenvalue weighted by Crippen LogP contribution is 2.28. The first kappa shape index (κ1) is 14.2. The van der Waals surface area contributed by atoms with Crippen LogP contribution in [0.3, 0.4) is 0 Å². The van der Waals surface area contributed by atoms with Gasteiger partial charge in [-0.3, -0.25) is 0 Å². The fourth-order valence-electron chi connectivity index (χ4n) is 2.04. The third-order valence-corrected chi connectivity index (χ3v) is 3.12. The van der Waals surface area contributed by atoms with Crippen molar-refractivity contribution < 1.29 is 14.6 Å². The first-order valence-corrected chi connectivity index (χ1v) is 6.43. The van der Waals surface area contributed by atoms with Crippen molar-refractivity contribution in [2.45, 2.75) is 6.04 Å². The Morgan fingerprint density at radius 2 is 1.85 bits per heavy atom. The van der Waals surface area contributed by atoms with Crippen LogP contribution in [0.5, 0.6) is 11.5 Å². The Morgan fingerprint density at radius 1 is 1.05 bits per heavy atom. The van der Waals surface area contributed by atoms with Gasteiger partial charge in [0.2, 0.25) is 0 Å². The van der Waals surface area contributed by atoms with Crippen molar-refractivity contribution in [3.05, 3.63) is 54.1 Å². The van der Waals surface area contributed by atoms with Crippen LogP contribution in [0.15, 0.2) is 48.5 Å². The van der Waals surface area contributed by atoms with E-state index >= 15 is 0 Å². The second-order valence-electron chi connectivity index (χ2n) is 4.36. The van der Waals surface area contributed by atoms with Gasteiger partial charge in [0.05, 0.1) is 32.6 Å². The normalized spacial score (nSPS) is 11.8. The lowest BCUT2D eigenvalue weighted by molar-refractivity contribution is 0.275. The molecule has 0 saturated heterocycles. The monoisotopic (exact) mass is 273 g/mol. The van der Waals surface area contributed by atoms with Crippen molar-refractivity contribution in [1.29, 1.82) is 0 Å². The minimum atomic E-state index is -0.221. The van der Waals surface area contributed by atoms with Crippen LogP contribution in [0.1, 0.15) is 11.6 Å². The molecule has 2 aromatic rings. The van der Waals surface area contributed by atoms with Gasteiger partial charge in [0, 0.05) is 0 Å². The van der Waals surface area contributed by atoms with Gasteiger partial charge in [-0.2, -0.15) is 0 Å². The molecule has 0 bridgehead atoms. The topological polar surface area (TPSA) is 50.7 Å². The number of ether oxygens (including phenoxy) is 2. The van der Waals surface area contributed by atoms with Crippen LogP contribution in [0, 0.1) is 0 Å². The molecule has 0 radical (unpaired) electrons. The molecular formula is C16H19NO3. The maximum absolute atomic E-state index is 9.62. The van der Waals surface area contributed by atoms with Gasteiger partial charge >= 0.3 is 0 Å². The molecule has 0 aromatic heterocycles. The van der Waals surface area contributed by atoms with E-state index in [1.165, 1.54) is 0 Å². The molecular weight excluding hydrogens is 254 g/mol. The molecule has 4 heteroatoms. The lowest BCUT2D eigenvalue weighted by Crippen LogP contribution is -2.15. The van der Waals surface area contributed by atoms with Crippen LogP contribution < -0.4 is 14.8 Å². The lowest BCUT2D eigenvalue weighted by Gasteiger charge is -2.20. The predicted octanol–water partition coefficient (Wildman–Crippen LogP) is 2.85. The van der Waals surface area contributed by atoms with Crippen molar-refractivity contribution in [1.82, 2.24) is 0 Å². The molecule has 0 aliphatic carbocycles. The molecule has 0 amide bonds. The molecule has 0 aliphatic rings. The Kier molecular flexibility index (Phi) is 4.85. The number of hydrogen-bond acceptors (Lipinski definition) is 4. The van der Waals surface area contributed by atoms with Crippen LogP contribution in [0.25, 0.3) is 0 Å². The quantitative estimate of drug-likeness (QED) is 0.849. The van der Waals surface area contributed by atoms with Gasteiger partial charge in [0.25, 0.3) is 0 Å². The standard InChI is InChI=1S/C16H19NO3/c1-19-13-7-5-6-12(10-13)15(11-18)17-14-8-3-4-9-16(14)20-2/h3-10,15,17-18H,11H2,1-2H3. The average molecular weight is 273 g/mol. The SMILES string of the molecule is COc1cccc(C(CO)Nc2ccccc2OC)c1. The summed E-state index contributed by atoms with van der Waals surface area (Å²) < 4.78 is 10.5. The number of anilines is 1. The zero-order valence-electron chi connectivity index (χ0n) is 11.7. The van der Waals surface area contributed by atoms with Gasteiger partial charge in [0.15, 0.2) is 0 Å². The maximum Gasteiger partial charge on any atom is 0.141 e. The molecule has 1 unspecified atom stereocenters. The van der Waals surface area contributed by atoms with Crippen LogP contribution in [0.4, 0.5) is 5.69 Å². The summed E-state index contributed by atoms with van der Waals surface area (Å²) in [5.41, 5.74) is 1.80. The molecule has 0 spiro atoms. The van der Waals surface area contributed by atoms with Gasteiger partial charge in [-0.25, -0.2) is 0 Å². The average Bonchev–Trinajstić information content (AvgIpc) is 2.53. The molecule has 0 fully saturated rings. The van der Waals surface area contributed by atoms with E-state index in [1.807, 2.05) is 48.5 Å². The predicted molar refractivity (Wildman–Crippen MR) is 79.4 cm³/mol. The number of benzene rings is 2. The summed E-state index contributed by atoms with van der Waals surface area (Å²) in [6.45, 7) is -0.0226. The number of rotatable bonds is 6. The summed E-state index contributed by atoms with van der Waals surface area (Å²) in [6, 6.07) is 15.0. The Hall–Kier alpha value is -2.20. The third kappa shape index (κ3) is 3.22. The molecule has 20 heavy (non-hydrogen) atoms. The van der Waals surface area contributed by atoms with Gasteiger partial charge in [-0.1, -0.05) is 24.3 Å². The van der Waals surface area contributed by atoms with Crippen molar-refractivity contribution in [2.75, 3.05) is 26.1 Å². The lowest BCUT2D eigenvalue weighted by atomic mass is 10.1. The third-order valence-electron chi connectivity index (χ3n) is 3.12. The molecule has 4 nitrogen and oxygen atoms in total. The summed E-state index contributed by atoms with van der Waals surface area (Å²) in [5.74, 6) is 1.51. The van der Waals surface area contributed by atoms with E-state index < -0.39 is 0 Å². The van der Waals surface area contributed by atoms with E-state index in [0.717, 1.165) is 22.7 Å². The highest BCUT2D eigenvalue weighted by molar-refractivity contribution is 5.57. The van der Waals surface area contributed by atoms with Gasteiger partial charge in [0.1, 0.15) is 11.5 Å². The van der Waals surface area contributed by atoms with Crippen molar-refractivity contribution in [3.63, 3.8) is 0 Å². The first-order chi connectivity index (χ1) is 9.78. The molecule has 0 aliphatic heterocycles. The van der Waals surface area contributed by atoms with E-state index in [2.05, 4.69) is 5.32 Å². The summed E-state index contributed by atoms with van der Waals surface area (Å²) in [7, 11) is 3.25. The number of hydrogen-bond donors (Lipinski definition) is 2. The second kappa shape index (κ2) is 6.82. The summed E-state index contributed by atoms with van der Waals surface area (Å²) in [6.07, 6.45) is 0. The highest BCUT2D eigenvalue weighted by atomic mass is 16.5. The zero-order valence-corrected chi connectivity index (χ0v) is 11.7. The summed E-state index contributed by atoms with van der Waals surface area (Å²) >= 11 is 0. The van der Waals surface area contributed by atoms with Crippen LogP contribution >= 0.6 is 0 Å². The summed E-state index contributed by atoms with van der Waals surface area (Å²) in [4.78, 5) is 0. The first-order valence-electron chi connectivity index (χ1n) is 6.43. The van der Waals surface area contributed by atoms with E-state index in [0.29, 0.717) is 0 Å². The highest BCUT2D eigenvalue weighted by Gasteiger charge is 2.13. The van der Waals surface area contributed by atoms with Crippen molar-refractivity contribution >= 4 is 5.69 Å². The van der Waals surface area contributed by atoms with Crippen molar-refractivity contribution in [3.8, 4) is 11.5 Å². The van der Waals surface area contributed by atoms with E-state index in [9.17, 15) is 5.11 Å². The molecule has 0 heterocycles. The number of methoxy groups -OCH3 is 2. The fourth-order valence-corrected chi connectivity index (χ4v) is 2.04. The summed E-state index contributed by atoms with van der Waals surface area (Å²) in [5, 5.41) is 12.9. The molecule has 1 atom stereocenters. The van der Waals surface area contributed by atoms with E-state index in [1.54, 1.807) is 14.2 Å². The Morgan fingerprint density at radius 3 is 2.55 bits per heavy atom. The number of aliphatic hydroxyl groups is 1. The molecule has 106 valence electrons. The molecule has 2 N–H and O–H groups in total. The van der Waals surface area contributed by atoms with Gasteiger partial charge in [-0.15, -0.1) is 0 Å². The number of aliphatic hydroxyl groups excluding tert-OH is 1. The largest absolute Gasteiger partial charge is 0.497 e. The number of nitrogens with one attached hydrogen (secondary N) is 1. The Balaban J connectivity index is 2.24. The minimum Gasteiger partial charge on any atom is -0.497 e. The van der Waals surface area contributed by atoms with E-state index in [4.69, 9.17) is 9.47 Å². The van der Waals surface area contributed by atoms with Crippen molar-refractivity contribution in [2.24, 2.45) is 0 Å². The zero-order chi connectivity index (χ0) is 14.4. The van der Waals surface area contributed by atoms with Crippen LogP contribution in [0.2, 0.25) is 0 Å². The Labute approximate surface area is 119 Å². The second-order valence-corrected chi connectivity index (χ2v) is 4.36.